The van der Waals surface area contributed by atoms with Gasteiger partial charge in [0.25, 0.3) is 0 Å². The van der Waals surface area contributed by atoms with Crippen molar-refractivity contribution in [3.63, 3.8) is 0 Å². The minimum atomic E-state index is -0.973. The molecule has 1 amide bonds. The van der Waals surface area contributed by atoms with Crippen LogP contribution in [-0.4, -0.2) is 42.8 Å². The van der Waals surface area contributed by atoms with Crippen LogP contribution in [0.15, 0.2) is 0 Å². The first-order valence-corrected chi connectivity index (χ1v) is 5.65. The van der Waals surface area contributed by atoms with Gasteiger partial charge in [-0.15, -0.1) is 0 Å². The summed E-state index contributed by atoms with van der Waals surface area (Å²) >= 11 is 0. The Morgan fingerprint density at radius 1 is 1.47 bits per heavy atom. The summed E-state index contributed by atoms with van der Waals surface area (Å²) in [5, 5.41) is 11.4. The first-order chi connectivity index (χ1) is 7.83. The Morgan fingerprint density at radius 3 is 2.47 bits per heavy atom. The van der Waals surface area contributed by atoms with Gasteiger partial charge in [-0.2, -0.15) is 0 Å². The average Bonchev–Trinajstić information content (AvgIpc) is 2.25. The van der Waals surface area contributed by atoms with Crippen molar-refractivity contribution in [1.29, 1.82) is 0 Å². The van der Waals surface area contributed by atoms with Gasteiger partial charge in [0.1, 0.15) is 0 Å². The Kier molecular flexibility index (Phi) is 6.75. The molecule has 0 aromatic rings. The SMILES string of the molecule is CCOC(CN)CC(=O)NCC(C)(C)C(=O)O. The van der Waals surface area contributed by atoms with Gasteiger partial charge in [0.15, 0.2) is 0 Å². The third-order valence-corrected chi connectivity index (χ3v) is 2.38. The van der Waals surface area contributed by atoms with Crippen molar-refractivity contribution in [2.24, 2.45) is 11.1 Å². The fourth-order valence-corrected chi connectivity index (χ4v) is 1.12. The van der Waals surface area contributed by atoms with E-state index < -0.39 is 11.4 Å². The maximum absolute atomic E-state index is 11.5. The van der Waals surface area contributed by atoms with Crippen LogP contribution in [0, 0.1) is 5.41 Å². The van der Waals surface area contributed by atoms with Crippen LogP contribution in [0.4, 0.5) is 0 Å². The third-order valence-electron chi connectivity index (χ3n) is 2.38. The van der Waals surface area contributed by atoms with E-state index in [1.165, 1.54) is 0 Å². The number of amides is 1. The number of carboxylic acid groups (broad SMARTS) is 1. The second-order valence-electron chi connectivity index (χ2n) is 4.48. The highest BCUT2D eigenvalue weighted by atomic mass is 16.5. The highest BCUT2D eigenvalue weighted by Gasteiger charge is 2.27. The lowest BCUT2D eigenvalue weighted by Gasteiger charge is -2.20. The lowest BCUT2D eigenvalue weighted by atomic mass is 9.94. The molecule has 100 valence electrons. The Labute approximate surface area is 102 Å². The average molecular weight is 246 g/mol. The van der Waals surface area contributed by atoms with Crippen LogP contribution in [0.3, 0.4) is 0 Å². The second kappa shape index (κ2) is 7.24. The molecule has 0 bridgehead atoms. The molecular formula is C11H22N2O4. The summed E-state index contributed by atoms with van der Waals surface area (Å²) in [6.45, 7) is 5.79. The monoisotopic (exact) mass is 246 g/mol. The molecule has 0 rings (SSSR count). The molecule has 1 atom stereocenters. The van der Waals surface area contributed by atoms with Gasteiger partial charge in [-0.25, -0.2) is 0 Å². The number of ether oxygens (including phenoxy) is 1. The molecule has 0 saturated carbocycles. The van der Waals surface area contributed by atoms with Gasteiger partial charge in [-0.3, -0.25) is 9.59 Å². The fraction of sp³-hybridized carbons (Fsp3) is 0.818. The topological polar surface area (TPSA) is 102 Å². The largest absolute Gasteiger partial charge is 0.481 e. The number of hydrogen-bond donors (Lipinski definition) is 3. The summed E-state index contributed by atoms with van der Waals surface area (Å²) in [6.07, 6.45) is -0.159. The van der Waals surface area contributed by atoms with Crippen LogP contribution in [0.1, 0.15) is 27.2 Å². The Balaban J connectivity index is 4.06. The molecule has 0 radical (unpaired) electrons. The summed E-state index contributed by atoms with van der Waals surface area (Å²) < 4.78 is 5.24. The summed E-state index contributed by atoms with van der Waals surface area (Å²) in [6, 6.07) is 0. The zero-order valence-electron chi connectivity index (χ0n) is 10.7. The number of carbonyl (C=O) groups is 2. The molecular weight excluding hydrogens is 224 g/mol. The molecule has 6 heteroatoms. The van der Waals surface area contributed by atoms with Crippen molar-refractivity contribution in [2.45, 2.75) is 33.3 Å². The molecule has 0 heterocycles. The summed E-state index contributed by atoms with van der Waals surface area (Å²) in [5.74, 6) is -1.19. The maximum atomic E-state index is 11.5. The molecule has 0 aliphatic carbocycles. The number of carboxylic acids is 1. The van der Waals surface area contributed by atoms with Crippen LogP contribution in [-0.2, 0) is 14.3 Å². The summed E-state index contributed by atoms with van der Waals surface area (Å²) in [7, 11) is 0. The number of carbonyl (C=O) groups excluding carboxylic acids is 1. The molecule has 6 nitrogen and oxygen atoms in total. The molecule has 1 unspecified atom stereocenters. The lowest BCUT2D eigenvalue weighted by molar-refractivity contribution is -0.146. The molecule has 0 aliphatic heterocycles. The maximum Gasteiger partial charge on any atom is 0.310 e. The van der Waals surface area contributed by atoms with E-state index in [-0.39, 0.29) is 31.5 Å². The number of nitrogens with one attached hydrogen (secondary N) is 1. The van der Waals surface area contributed by atoms with Gasteiger partial charge in [-0.1, -0.05) is 0 Å². The standard InChI is InChI=1S/C11H22N2O4/c1-4-17-8(6-12)5-9(14)13-7-11(2,3)10(15)16/h8H,4-7,12H2,1-3H3,(H,13,14)(H,15,16). The van der Waals surface area contributed by atoms with Crippen molar-refractivity contribution in [1.82, 2.24) is 5.32 Å². The number of hydrogen-bond acceptors (Lipinski definition) is 4. The van der Waals surface area contributed by atoms with Crippen molar-refractivity contribution < 1.29 is 19.4 Å². The van der Waals surface area contributed by atoms with Crippen LogP contribution in [0.5, 0.6) is 0 Å². The Bertz CT molecular complexity index is 266. The van der Waals surface area contributed by atoms with E-state index in [1.54, 1.807) is 13.8 Å². The minimum Gasteiger partial charge on any atom is -0.481 e. The van der Waals surface area contributed by atoms with E-state index in [9.17, 15) is 9.59 Å². The van der Waals surface area contributed by atoms with Crippen molar-refractivity contribution in [3.05, 3.63) is 0 Å². The summed E-state index contributed by atoms with van der Waals surface area (Å²) in [5.41, 5.74) is 4.47. The quantitative estimate of drug-likeness (QED) is 0.558. The number of rotatable bonds is 8. The molecule has 0 saturated heterocycles. The predicted octanol–water partition coefficient (Wildman–Crippen LogP) is -0.0327. The highest BCUT2D eigenvalue weighted by Crippen LogP contribution is 2.13. The second-order valence-corrected chi connectivity index (χ2v) is 4.48. The van der Waals surface area contributed by atoms with E-state index in [4.69, 9.17) is 15.6 Å². The first kappa shape index (κ1) is 15.9. The van der Waals surface area contributed by atoms with Gasteiger partial charge in [0.2, 0.25) is 5.91 Å². The molecule has 0 spiro atoms. The van der Waals surface area contributed by atoms with Gasteiger partial charge in [-0.05, 0) is 20.8 Å². The van der Waals surface area contributed by atoms with E-state index in [0.29, 0.717) is 6.61 Å². The van der Waals surface area contributed by atoms with E-state index in [2.05, 4.69) is 5.32 Å². The molecule has 0 aliphatic rings. The van der Waals surface area contributed by atoms with Crippen LogP contribution in [0.2, 0.25) is 0 Å². The third kappa shape index (κ3) is 6.23. The molecule has 17 heavy (non-hydrogen) atoms. The van der Waals surface area contributed by atoms with Crippen LogP contribution < -0.4 is 11.1 Å². The van der Waals surface area contributed by atoms with Crippen molar-refractivity contribution in [3.8, 4) is 0 Å². The van der Waals surface area contributed by atoms with Gasteiger partial charge >= 0.3 is 5.97 Å². The smallest absolute Gasteiger partial charge is 0.310 e. The highest BCUT2D eigenvalue weighted by molar-refractivity contribution is 5.78. The molecule has 4 N–H and O–H groups in total. The van der Waals surface area contributed by atoms with Gasteiger partial charge in [0, 0.05) is 19.7 Å². The lowest BCUT2D eigenvalue weighted by Crippen LogP contribution is -2.40. The zero-order valence-corrected chi connectivity index (χ0v) is 10.7. The van der Waals surface area contributed by atoms with Crippen LogP contribution >= 0.6 is 0 Å². The molecule has 0 aromatic carbocycles. The van der Waals surface area contributed by atoms with E-state index in [0.717, 1.165) is 0 Å². The predicted molar refractivity (Wildman–Crippen MR) is 63.5 cm³/mol. The molecule has 0 aromatic heterocycles. The number of aliphatic carboxylic acids is 1. The zero-order chi connectivity index (χ0) is 13.5. The molecule has 0 fully saturated rings. The normalized spacial score (nSPS) is 13.2. The minimum absolute atomic E-state index is 0.0879. The van der Waals surface area contributed by atoms with Crippen molar-refractivity contribution in [2.75, 3.05) is 19.7 Å². The van der Waals surface area contributed by atoms with Gasteiger partial charge < -0.3 is 20.9 Å². The Morgan fingerprint density at radius 2 is 2.06 bits per heavy atom. The van der Waals surface area contributed by atoms with E-state index >= 15 is 0 Å². The summed E-state index contributed by atoms with van der Waals surface area (Å²) in [4.78, 5) is 22.3. The van der Waals surface area contributed by atoms with E-state index in [1.807, 2.05) is 6.92 Å². The Hall–Kier alpha value is -1.14. The fourth-order valence-electron chi connectivity index (χ4n) is 1.12. The first-order valence-electron chi connectivity index (χ1n) is 5.65. The number of nitrogens with two attached hydrogens (primary N) is 1. The van der Waals surface area contributed by atoms with Gasteiger partial charge in [0.05, 0.1) is 17.9 Å². The van der Waals surface area contributed by atoms with Crippen molar-refractivity contribution >= 4 is 11.9 Å². The van der Waals surface area contributed by atoms with Crippen LogP contribution in [0.25, 0.3) is 0 Å².